The standard InChI is InChI=1S/C15H15NO2S/c1-10-5-2-3-7-12(10)16-8-4-6-11-9-13(15(17)18)19-14(11)16/h2-3,5,7,9H,4,6,8H2,1H3,(H,17,18). The van der Waals surface area contributed by atoms with E-state index in [-0.39, 0.29) is 0 Å². The van der Waals surface area contributed by atoms with Crippen LogP contribution < -0.4 is 4.90 Å². The molecule has 19 heavy (non-hydrogen) atoms. The van der Waals surface area contributed by atoms with E-state index in [1.165, 1.54) is 22.6 Å². The summed E-state index contributed by atoms with van der Waals surface area (Å²) in [4.78, 5) is 13.8. The average molecular weight is 273 g/mol. The number of fused-ring (bicyclic) bond motifs is 1. The molecule has 0 fully saturated rings. The Morgan fingerprint density at radius 2 is 2.16 bits per heavy atom. The Morgan fingerprint density at radius 1 is 1.37 bits per heavy atom. The van der Waals surface area contributed by atoms with Crippen LogP contribution in [-0.4, -0.2) is 17.6 Å². The van der Waals surface area contributed by atoms with E-state index in [9.17, 15) is 4.79 Å². The van der Waals surface area contributed by atoms with Crippen LogP contribution >= 0.6 is 11.3 Å². The van der Waals surface area contributed by atoms with E-state index in [4.69, 9.17) is 5.11 Å². The molecule has 3 nitrogen and oxygen atoms in total. The van der Waals surface area contributed by atoms with Gasteiger partial charge in [0.1, 0.15) is 4.88 Å². The highest BCUT2D eigenvalue weighted by Crippen LogP contribution is 2.40. The third-order valence-corrected chi connectivity index (χ3v) is 4.66. The number of benzene rings is 1. The van der Waals surface area contributed by atoms with E-state index in [2.05, 4.69) is 24.0 Å². The first kappa shape index (κ1) is 12.2. The second kappa shape index (κ2) is 4.70. The van der Waals surface area contributed by atoms with Crippen molar-refractivity contribution in [3.05, 3.63) is 46.3 Å². The SMILES string of the molecule is Cc1ccccc1N1CCCc2cc(C(=O)O)sc21. The molecule has 2 heterocycles. The monoisotopic (exact) mass is 273 g/mol. The minimum Gasteiger partial charge on any atom is -0.477 e. The lowest BCUT2D eigenvalue weighted by molar-refractivity contribution is 0.0702. The number of rotatable bonds is 2. The van der Waals surface area contributed by atoms with Crippen LogP contribution in [0.1, 0.15) is 27.2 Å². The summed E-state index contributed by atoms with van der Waals surface area (Å²) < 4.78 is 0. The van der Waals surface area contributed by atoms with Gasteiger partial charge in [0.25, 0.3) is 0 Å². The van der Waals surface area contributed by atoms with Gasteiger partial charge < -0.3 is 10.0 Å². The highest BCUT2D eigenvalue weighted by Gasteiger charge is 2.24. The third-order valence-electron chi connectivity index (χ3n) is 3.48. The number of aryl methyl sites for hydroxylation is 2. The van der Waals surface area contributed by atoms with Gasteiger partial charge in [-0.05, 0) is 43.0 Å². The second-order valence-electron chi connectivity index (χ2n) is 4.79. The van der Waals surface area contributed by atoms with Crippen LogP contribution in [0.5, 0.6) is 0 Å². The van der Waals surface area contributed by atoms with Crippen molar-refractivity contribution in [2.45, 2.75) is 19.8 Å². The minimum atomic E-state index is -0.830. The fourth-order valence-electron chi connectivity index (χ4n) is 2.56. The van der Waals surface area contributed by atoms with Gasteiger partial charge >= 0.3 is 5.97 Å². The lowest BCUT2D eigenvalue weighted by Crippen LogP contribution is -2.23. The number of hydrogen-bond donors (Lipinski definition) is 1. The number of carbonyl (C=O) groups is 1. The number of aromatic carboxylic acids is 1. The maximum atomic E-state index is 11.1. The number of carboxylic acid groups (broad SMARTS) is 1. The number of nitrogens with zero attached hydrogens (tertiary/aromatic N) is 1. The Hall–Kier alpha value is -1.81. The van der Waals surface area contributed by atoms with Crippen molar-refractivity contribution >= 4 is 28.0 Å². The molecule has 3 rings (SSSR count). The molecule has 2 aromatic rings. The third kappa shape index (κ3) is 2.12. The van der Waals surface area contributed by atoms with Gasteiger partial charge in [-0.3, -0.25) is 0 Å². The van der Waals surface area contributed by atoms with Crippen LogP contribution in [0.2, 0.25) is 0 Å². The fourth-order valence-corrected chi connectivity index (χ4v) is 3.65. The Morgan fingerprint density at radius 3 is 2.89 bits per heavy atom. The lowest BCUT2D eigenvalue weighted by Gasteiger charge is -2.29. The van der Waals surface area contributed by atoms with Crippen molar-refractivity contribution in [1.82, 2.24) is 0 Å². The van der Waals surface area contributed by atoms with E-state index in [0.717, 1.165) is 30.0 Å². The van der Waals surface area contributed by atoms with Crippen LogP contribution in [-0.2, 0) is 6.42 Å². The Bertz CT molecular complexity index is 633. The van der Waals surface area contributed by atoms with Crippen LogP contribution in [0.15, 0.2) is 30.3 Å². The van der Waals surface area contributed by atoms with Gasteiger partial charge in [-0.2, -0.15) is 0 Å². The van der Waals surface area contributed by atoms with Gasteiger partial charge in [0.2, 0.25) is 0 Å². The molecule has 1 aliphatic rings. The molecule has 1 aromatic carbocycles. The van der Waals surface area contributed by atoms with E-state index in [1.807, 2.05) is 18.2 Å². The molecule has 1 aromatic heterocycles. The van der Waals surface area contributed by atoms with E-state index in [1.54, 1.807) is 0 Å². The molecule has 0 amide bonds. The van der Waals surface area contributed by atoms with Crippen molar-refractivity contribution < 1.29 is 9.90 Å². The molecule has 0 saturated carbocycles. The van der Waals surface area contributed by atoms with E-state index < -0.39 is 5.97 Å². The normalized spacial score (nSPS) is 14.3. The Balaban J connectivity index is 2.07. The minimum absolute atomic E-state index is 0.436. The predicted molar refractivity (Wildman–Crippen MR) is 77.8 cm³/mol. The van der Waals surface area contributed by atoms with Crippen molar-refractivity contribution in [3.8, 4) is 0 Å². The molecule has 98 valence electrons. The van der Waals surface area contributed by atoms with Gasteiger partial charge in [-0.15, -0.1) is 11.3 Å². The Labute approximate surface area is 116 Å². The largest absolute Gasteiger partial charge is 0.477 e. The topological polar surface area (TPSA) is 40.5 Å². The molecule has 4 heteroatoms. The number of anilines is 2. The molecule has 0 bridgehead atoms. The highest BCUT2D eigenvalue weighted by molar-refractivity contribution is 7.18. The maximum absolute atomic E-state index is 11.1. The number of carboxylic acids is 1. The van der Waals surface area contributed by atoms with E-state index in [0.29, 0.717) is 4.88 Å². The van der Waals surface area contributed by atoms with Crippen molar-refractivity contribution in [1.29, 1.82) is 0 Å². The molecule has 1 aliphatic heterocycles. The summed E-state index contributed by atoms with van der Waals surface area (Å²) in [6.07, 6.45) is 2.04. The fraction of sp³-hybridized carbons (Fsp3) is 0.267. The number of para-hydroxylation sites is 1. The molecule has 0 spiro atoms. The molecule has 0 radical (unpaired) electrons. The first-order chi connectivity index (χ1) is 9.16. The zero-order valence-corrected chi connectivity index (χ0v) is 11.5. The van der Waals surface area contributed by atoms with Crippen LogP contribution in [0.25, 0.3) is 0 Å². The van der Waals surface area contributed by atoms with Crippen molar-refractivity contribution in [2.24, 2.45) is 0 Å². The first-order valence-electron chi connectivity index (χ1n) is 6.36. The zero-order valence-electron chi connectivity index (χ0n) is 10.7. The van der Waals surface area contributed by atoms with Crippen LogP contribution in [0.4, 0.5) is 10.7 Å². The van der Waals surface area contributed by atoms with Gasteiger partial charge in [0, 0.05) is 12.2 Å². The lowest BCUT2D eigenvalue weighted by atomic mass is 10.1. The van der Waals surface area contributed by atoms with Crippen LogP contribution in [0.3, 0.4) is 0 Å². The van der Waals surface area contributed by atoms with Crippen molar-refractivity contribution in [3.63, 3.8) is 0 Å². The first-order valence-corrected chi connectivity index (χ1v) is 7.17. The Kier molecular flexibility index (Phi) is 3.03. The second-order valence-corrected chi connectivity index (χ2v) is 5.82. The summed E-state index contributed by atoms with van der Waals surface area (Å²) in [7, 11) is 0. The van der Waals surface area contributed by atoms with Gasteiger partial charge in [-0.25, -0.2) is 4.79 Å². The van der Waals surface area contributed by atoms with E-state index >= 15 is 0 Å². The average Bonchev–Trinajstić information content (AvgIpc) is 2.83. The van der Waals surface area contributed by atoms with Gasteiger partial charge in [-0.1, -0.05) is 18.2 Å². The molecule has 0 unspecified atom stereocenters. The molecular formula is C15H15NO2S. The molecular weight excluding hydrogens is 258 g/mol. The molecule has 0 aliphatic carbocycles. The summed E-state index contributed by atoms with van der Waals surface area (Å²) in [6.45, 7) is 3.05. The smallest absolute Gasteiger partial charge is 0.345 e. The zero-order chi connectivity index (χ0) is 13.4. The quantitative estimate of drug-likeness (QED) is 0.903. The summed E-state index contributed by atoms with van der Waals surface area (Å²) in [5, 5.41) is 10.2. The number of thiophene rings is 1. The molecule has 1 N–H and O–H groups in total. The van der Waals surface area contributed by atoms with Gasteiger partial charge in [0.15, 0.2) is 0 Å². The number of hydrogen-bond acceptors (Lipinski definition) is 3. The highest BCUT2D eigenvalue weighted by atomic mass is 32.1. The molecule has 0 saturated heterocycles. The summed E-state index contributed by atoms with van der Waals surface area (Å²) >= 11 is 1.38. The van der Waals surface area contributed by atoms with Gasteiger partial charge in [0.05, 0.1) is 5.00 Å². The summed E-state index contributed by atoms with van der Waals surface area (Å²) in [5.41, 5.74) is 3.57. The summed E-state index contributed by atoms with van der Waals surface area (Å²) in [5.74, 6) is -0.830. The van der Waals surface area contributed by atoms with Crippen molar-refractivity contribution in [2.75, 3.05) is 11.4 Å². The molecule has 0 atom stereocenters. The predicted octanol–water partition coefficient (Wildman–Crippen LogP) is 3.84. The summed E-state index contributed by atoms with van der Waals surface area (Å²) in [6, 6.07) is 10.1. The van der Waals surface area contributed by atoms with Crippen LogP contribution in [0, 0.1) is 6.92 Å². The maximum Gasteiger partial charge on any atom is 0.345 e.